The summed E-state index contributed by atoms with van der Waals surface area (Å²) in [6.45, 7) is 3.15. The van der Waals surface area contributed by atoms with Crippen LogP contribution in [0, 0.1) is 6.92 Å². The van der Waals surface area contributed by atoms with Gasteiger partial charge in [0, 0.05) is 18.5 Å². The van der Waals surface area contributed by atoms with Gasteiger partial charge < -0.3 is 10.1 Å². The molecule has 0 radical (unpaired) electrons. The standard InChI is InChI=1S/C24H24N2O2S/c1-18-10-12-20(13-11-18)17-25-24(29)26-23(27)21-8-5-9-22(16-21)28-15-14-19-6-3-2-4-7-19/h2-13,16H,14-15,17H2,1H3,(H2,25,26,27,29). The average Bonchev–Trinajstić information content (AvgIpc) is 2.74. The van der Waals surface area contributed by atoms with Gasteiger partial charge in [0.15, 0.2) is 5.11 Å². The number of ether oxygens (including phenoxy) is 1. The van der Waals surface area contributed by atoms with Crippen molar-refractivity contribution in [3.8, 4) is 5.75 Å². The molecule has 0 unspecified atom stereocenters. The number of hydrogen-bond donors (Lipinski definition) is 2. The Labute approximate surface area is 176 Å². The molecular formula is C24H24N2O2S. The van der Waals surface area contributed by atoms with Crippen molar-refractivity contribution in [2.75, 3.05) is 6.61 Å². The molecule has 5 heteroatoms. The van der Waals surface area contributed by atoms with Crippen LogP contribution in [0.3, 0.4) is 0 Å². The number of carbonyl (C=O) groups is 1. The minimum atomic E-state index is -0.264. The fourth-order valence-corrected chi connectivity index (χ4v) is 2.93. The van der Waals surface area contributed by atoms with E-state index in [0.717, 1.165) is 12.0 Å². The van der Waals surface area contributed by atoms with Gasteiger partial charge in [-0.05, 0) is 48.5 Å². The predicted molar refractivity (Wildman–Crippen MR) is 120 cm³/mol. The van der Waals surface area contributed by atoms with Gasteiger partial charge in [0.2, 0.25) is 0 Å². The molecule has 3 aromatic carbocycles. The Morgan fingerprint density at radius 1 is 0.931 bits per heavy atom. The van der Waals surface area contributed by atoms with Crippen molar-refractivity contribution < 1.29 is 9.53 Å². The monoisotopic (exact) mass is 404 g/mol. The molecule has 0 aliphatic rings. The van der Waals surface area contributed by atoms with E-state index in [0.29, 0.717) is 29.6 Å². The summed E-state index contributed by atoms with van der Waals surface area (Å²) >= 11 is 5.24. The topological polar surface area (TPSA) is 50.4 Å². The third kappa shape index (κ3) is 6.73. The van der Waals surface area contributed by atoms with E-state index in [4.69, 9.17) is 17.0 Å². The lowest BCUT2D eigenvalue weighted by Crippen LogP contribution is -2.38. The highest BCUT2D eigenvalue weighted by Crippen LogP contribution is 2.14. The van der Waals surface area contributed by atoms with Gasteiger partial charge in [-0.3, -0.25) is 10.1 Å². The number of thiocarbonyl (C=S) groups is 1. The lowest BCUT2D eigenvalue weighted by Gasteiger charge is -2.11. The maximum atomic E-state index is 12.5. The summed E-state index contributed by atoms with van der Waals surface area (Å²) in [4.78, 5) is 12.5. The fourth-order valence-electron chi connectivity index (χ4n) is 2.77. The van der Waals surface area contributed by atoms with Gasteiger partial charge >= 0.3 is 0 Å². The first-order valence-corrected chi connectivity index (χ1v) is 9.92. The SMILES string of the molecule is Cc1ccc(CNC(=S)NC(=O)c2cccc(OCCc3ccccc3)c2)cc1. The summed E-state index contributed by atoms with van der Waals surface area (Å²) in [6, 6.07) is 25.4. The van der Waals surface area contributed by atoms with Crippen LogP contribution in [-0.2, 0) is 13.0 Å². The van der Waals surface area contributed by atoms with Crippen molar-refractivity contribution in [2.24, 2.45) is 0 Å². The highest BCUT2D eigenvalue weighted by Gasteiger charge is 2.09. The summed E-state index contributed by atoms with van der Waals surface area (Å²) in [6.07, 6.45) is 0.810. The van der Waals surface area contributed by atoms with E-state index >= 15 is 0 Å². The zero-order chi connectivity index (χ0) is 20.5. The number of rotatable bonds is 7. The Bertz CT molecular complexity index is 956. The van der Waals surface area contributed by atoms with Gasteiger partial charge in [-0.25, -0.2) is 0 Å². The molecule has 0 heterocycles. The van der Waals surface area contributed by atoms with Crippen LogP contribution in [0.5, 0.6) is 5.75 Å². The number of benzene rings is 3. The Morgan fingerprint density at radius 3 is 2.45 bits per heavy atom. The fraction of sp³-hybridized carbons (Fsp3) is 0.167. The molecule has 0 fully saturated rings. The summed E-state index contributed by atoms with van der Waals surface area (Å²) < 4.78 is 5.79. The van der Waals surface area contributed by atoms with Crippen molar-refractivity contribution >= 4 is 23.2 Å². The largest absolute Gasteiger partial charge is 0.493 e. The number of aryl methyl sites for hydroxylation is 1. The second kappa shape index (κ2) is 10.4. The van der Waals surface area contributed by atoms with Crippen LogP contribution in [-0.4, -0.2) is 17.6 Å². The number of carbonyl (C=O) groups excluding carboxylic acids is 1. The van der Waals surface area contributed by atoms with Gasteiger partial charge in [-0.15, -0.1) is 0 Å². The molecule has 29 heavy (non-hydrogen) atoms. The predicted octanol–water partition coefficient (Wildman–Crippen LogP) is 4.42. The Hall–Kier alpha value is -3.18. The second-order valence-electron chi connectivity index (χ2n) is 6.73. The molecule has 148 valence electrons. The molecule has 3 rings (SSSR count). The minimum absolute atomic E-state index is 0.264. The van der Waals surface area contributed by atoms with Gasteiger partial charge in [-0.1, -0.05) is 66.2 Å². The third-order valence-electron chi connectivity index (χ3n) is 4.40. The van der Waals surface area contributed by atoms with E-state index in [1.54, 1.807) is 18.2 Å². The summed E-state index contributed by atoms with van der Waals surface area (Å²) in [5, 5.41) is 6.06. The number of hydrogen-bond acceptors (Lipinski definition) is 3. The van der Waals surface area contributed by atoms with Gasteiger partial charge in [0.25, 0.3) is 5.91 Å². The lowest BCUT2D eigenvalue weighted by atomic mass is 10.1. The third-order valence-corrected chi connectivity index (χ3v) is 4.65. The number of nitrogens with one attached hydrogen (secondary N) is 2. The number of amides is 1. The second-order valence-corrected chi connectivity index (χ2v) is 7.14. The van der Waals surface area contributed by atoms with E-state index in [2.05, 4.69) is 22.8 Å². The summed E-state index contributed by atoms with van der Waals surface area (Å²) in [5.74, 6) is 0.395. The molecule has 4 nitrogen and oxygen atoms in total. The molecule has 1 amide bonds. The summed E-state index contributed by atoms with van der Waals surface area (Å²) in [7, 11) is 0. The van der Waals surface area contributed by atoms with Crippen LogP contribution in [0.25, 0.3) is 0 Å². The highest BCUT2D eigenvalue weighted by molar-refractivity contribution is 7.80. The highest BCUT2D eigenvalue weighted by atomic mass is 32.1. The lowest BCUT2D eigenvalue weighted by molar-refractivity contribution is 0.0976. The van der Waals surface area contributed by atoms with Crippen molar-refractivity contribution in [2.45, 2.75) is 19.9 Å². The van der Waals surface area contributed by atoms with Crippen LogP contribution >= 0.6 is 12.2 Å². The average molecular weight is 405 g/mol. The van der Waals surface area contributed by atoms with Crippen LogP contribution in [0.2, 0.25) is 0 Å². The van der Waals surface area contributed by atoms with Crippen LogP contribution < -0.4 is 15.4 Å². The van der Waals surface area contributed by atoms with E-state index < -0.39 is 0 Å². The molecule has 0 aliphatic carbocycles. The molecule has 0 atom stereocenters. The van der Waals surface area contributed by atoms with Crippen LogP contribution in [0.15, 0.2) is 78.9 Å². The Morgan fingerprint density at radius 2 is 1.69 bits per heavy atom. The van der Waals surface area contributed by atoms with Crippen molar-refractivity contribution in [1.82, 2.24) is 10.6 Å². The minimum Gasteiger partial charge on any atom is -0.493 e. The molecule has 0 bridgehead atoms. The first kappa shape index (κ1) is 20.6. The van der Waals surface area contributed by atoms with Crippen LogP contribution in [0.4, 0.5) is 0 Å². The van der Waals surface area contributed by atoms with E-state index in [1.165, 1.54) is 11.1 Å². The van der Waals surface area contributed by atoms with Gasteiger partial charge in [-0.2, -0.15) is 0 Å². The van der Waals surface area contributed by atoms with E-state index in [1.807, 2.05) is 55.5 Å². The normalized spacial score (nSPS) is 10.2. The van der Waals surface area contributed by atoms with Crippen molar-refractivity contribution in [3.63, 3.8) is 0 Å². The molecule has 3 aromatic rings. The molecular weight excluding hydrogens is 380 g/mol. The zero-order valence-electron chi connectivity index (χ0n) is 16.4. The first-order valence-electron chi connectivity index (χ1n) is 9.52. The molecule has 0 saturated heterocycles. The Kier molecular flexibility index (Phi) is 7.36. The summed E-state index contributed by atoms with van der Waals surface area (Å²) in [5.41, 5.74) is 4.02. The zero-order valence-corrected chi connectivity index (χ0v) is 17.2. The van der Waals surface area contributed by atoms with E-state index in [9.17, 15) is 4.79 Å². The van der Waals surface area contributed by atoms with Gasteiger partial charge in [0.05, 0.1) is 6.61 Å². The quantitative estimate of drug-likeness (QED) is 0.573. The van der Waals surface area contributed by atoms with Crippen LogP contribution in [0.1, 0.15) is 27.0 Å². The molecule has 0 spiro atoms. The molecule has 0 aromatic heterocycles. The van der Waals surface area contributed by atoms with Crippen molar-refractivity contribution in [1.29, 1.82) is 0 Å². The van der Waals surface area contributed by atoms with E-state index in [-0.39, 0.29) is 5.91 Å². The molecule has 0 aliphatic heterocycles. The first-order chi connectivity index (χ1) is 14.1. The maximum Gasteiger partial charge on any atom is 0.257 e. The smallest absolute Gasteiger partial charge is 0.257 e. The van der Waals surface area contributed by atoms with Gasteiger partial charge in [0.1, 0.15) is 5.75 Å². The Balaban J connectivity index is 1.47. The van der Waals surface area contributed by atoms with Crippen molar-refractivity contribution in [3.05, 3.63) is 101 Å². The maximum absolute atomic E-state index is 12.5. The molecule has 0 saturated carbocycles. The molecule has 2 N–H and O–H groups in total.